The van der Waals surface area contributed by atoms with E-state index in [2.05, 4.69) is 10.6 Å². The molecule has 3 aromatic rings. The molecule has 0 saturated heterocycles. The Morgan fingerprint density at radius 3 is 2.42 bits per heavy atom. The summed E-state index contributed by atoms with van der Waals surface area (Å²) < 4.78 is 10.2. The fourth-order valence-corrected chi connectivity index (χ4v) is 3.85. The minimum Gasteiger partial charge on any atom is -0.459 e. The van der Waals surface area contributed by atoms with E-state index in [0.717, 1.165) is 9.79 Å². The largest absolute Gasteiger partial charge is 0.459 e. The molecule has 3 rings (SSSR count). The SMILES string of the molecule is CC(C)C(NC(=O)c1ccco1)C(=O)OCC(=O)Nc1ccccc1Sc1ccc(Cl)cc1. The van der Waals surface area contributed by atoms with E-state index in [1.54, 1.807) is 44.2 Å². The molecule has 0 aliphatic rings. The summed E-state index contributed by atoms with van der Waals surface area (Å²) in [6.07, 6.45) is 1.37. The molecule has 0 spiro atoms. The van der Waals surface area contributed by atoms with Gasteiger partial charge in [-0.3, -0.25) is 9.59 Å². The van der Waals surface area contributed by atoms with Gasteiger partial charge in [0, 0.05) is 14.8 Å². The number of benzene rings is 2. The third kappa shape index (κ3) is 7.13. The number of hydrogen-bond acceptors (Lipinski definition) is 6. The lowest BCUT2D eigenvalue weighted by Crippen LogP contribution is -2.45. The van der Waals surface area contributed by atoms with Crippen LogP contribution in [-0.2, 0) is 14.3 Å². The summed E-state index contributed by atoms with van der Waals surface area (Å²) >= 11 is 7.40. The molecule has 0 fully saturated rings. The summed E-state index contributed by atoms with van der Waals surface area (Å²) in [7, 11) is 0. The third-order valence-electron chi connectivity index (χ3n) is 4.50. The highest BCUT2D eigenvalue weighted by atomic mass is 35.5. The van der Waals surface area contributed by atoms with Crippen LogP contribution in [0.4, 0.5) is 5.69 Å². The number of anilines is 1. The van der Waals surface area contributed by atoms with Gasteiger partial charge in [0.05, 0.1) is 12.0 Å². The summed E-state index contributed by atoms with van der Waals surface area (Å²) in [6.45, 7) is 3.04. The smallest absolute Gasteiger partial charge is 0.329 e. The van der Waals surface area contributed by atoms with Gasteiger partial charge in [-0.15, -0.1) is 0 Å². The van der Waals surface area contributed by atoms with Crippen molar-refractivity contribution in [2.24, 2.45) is 5.92 Å². The van der Waals surface area contributed by atoms with Crippen LogP contribution in [0.15, 0.2) is 81.1 Å². The van der Waals surface area contributed by atoms with Crippen LogP contribution in [0.1, 0.15) is 24.4 Å². The summed E-state index contributed by atoms with van der Waals surface area (Å²) in [5.41, 5.74) is 0.588. The summed E-state index contributed by atoms with van der Waals surface area (Å²) in [5, 5.41) is 5.99. The second kappa shape index (κ2) is 11.6. The second-order valence-corrected chi connectivity index (χ2v) is 8.93. The monoisotopic (exact) mass is 486 g/mol. The summed E-state index contributed by atoms with van der Waals surface area (Å²) in [4.78, 5) is 39.0. The molecule has 0 aliphatic carbocycles. The summed E-state index contributed by atoms with van der Waals surface area (Å²) in [6, 6.07) is 16.8. The molecule has 9 heteroatoms. The third-order valence-corrected chi connectivity index (χ3v) is 5.84. The van der Waals surface area contributed by atoms with Crippen molar-refractivity contribution < 1.29 is 23.5 Å². The highest BCUT2D eigenvalue weighted by molar-refractivity contribution is 7.99. The van der Waals surface area contributed by atoms with Gasteiger partial charge in [-0.1, -0.05) is 49.3 Å². The average Bonchev–Trinajstić information content (AvgIpc) is 3.33. The Morgan fingerprint density at radius 2 is 1.76 bits per heavy atom. The Morgan fingerprint density at radius 1 is 1.03 bits per heavy atom. The second-order valence-electron chi connectivity index (χ2n) is 7.38. The van der Waals surface area contributed by atoms with E-state index in [1.807, 2.05) is 24.3 Å². The zero-order chi connectivity index (χ0) is 23.8. The maximum atomic E-state index is 12.5. The van der Waals surface area contributed by atoms with Crippen molar-refractivity contribution >= 4 is 46.8 Å². The number of amides is 2. The molecule has 1 unspecified atom stereocenters. The molecular formula is C24H23ClN2O5S. The van der Waals surface area contributed by atoms with Crippen LogP contribution in [-0.4, -0.2) is 30.4 Å². The maximum Gasteiger partial charge on any atom is 0.329 e. The fourth-order valence-electron chi connectivity index (χ4n) is 2.82. The molecule has 0 radical (unpaired) electrons. The van der Waals surface area contributed by atoms with E-state index < -0.39 is 30.4 Å². The predicted molar refractivity (Wildman–Crippen MR) is 126 cm³/mol. The number of furan rings is 1. The van der Waals surface area contributed by atoms with Crippen LogP contribution < -0.4 is 10.6 Å². The van der Waals surface area contributed by atoms with E-state index in [9.17, 15) is 14.4 Å². The molecule has 33 heavy (non-hydrogen) atoms. The molecule has 2 aromatic carbocycles. The first-order valence-electron chi connectivity index (χ1n) is 10.2. The Hall–Kier alpha value is -3.23. The molecule has 1 heterocycles. The first-order chi connectivity index (χ1) is 15.8. The normalized spacial score (nSPS) is 11.6. The van der Waals surface area contributed by atoms with E-state index in [0.29, 0.717) is 10.7 Å². The minimum absolute atomic E-state index is 0.0842. The van der Waals surface area contributed by atoms with Crippen LogP contribution in [0.3, 0.4) is 0 Å². The highest BCUT2D eigenvalue weighted by Crippen LogP contribution is 2.33. The molecule has 1 atom stereocenters. The van der Waals surface area contributed by atoms with Gasteiger partial charge in [0.2, 0.25) is 0 Å². The van der Waals surface area contributed by atoms with Gasteiger partial charge in [-0.2, -0.15) is 0 Å². The van der Waals surface area contributed by atoms with Gasteiger partial charge in [0.1, 0.15) is 6.04 Å². The zero-order valence-electron chi connectivity index (χ0n) is 18.0. The number of carbonyl (C=O) groups excluding carboxylic acids is 3. The van der Waals surface area contributed by atoms with Crippen molar-refractivity contribution in [3.8, 4) is 0 Å². The van der Waals surface area contributed by atoms with Crippen molar-refractivity contribution in [3.63, 3.8) is 0 Å². The van der Waals surface area contributed by atoms with Crippen molar-refractivity contribution in [1.29, 1.82) is 0 Å². The molecule has 0 aliphatic heterocycles. The Labute approximate surface area is 200 Å². The predicted octanol–water partition coefficient (Wildman–Crippen LogP) is 5.02. The Balaban J connectivity index is 1.57. The van der Waals surface area contributed by atoms with Gasteiger partial charge in [-0.25, -0.2) is 4.79 Å². The van der Waals surface area contributed by atoms with Gasteiger partial charge < -0.3 is 19.8 Å². The number of esters is 1. The van der Waals surface area contributed by atoms with Crippen molar-refractivity contribution in [1.82, 2.24) is 5.32 Å². The number of hydrogen-bond donors (Lipinski definition) is 2. The molecule has 172 valence electrons. The van der Waals surface area contributed by atoms with Crippen LogP contribution in [0.5, 0.6) is 0 Å². The van der Waals surface area contributed by atoms with Crippen LogP contribution in [0.25, 0.3) is 0 Å². The lowest BCUT2D eigenvalue weighted by atomic mass is 10.0. The van der Waals surface area contributed by atoms with E-state index >= 15 is 0 Å². The first-order valence-corrected chi connectivity index (χ1v) is 11.4. The molecule has 2 amide bonds. The standard InChI is InChI=1S/C24H23ClN2O5S/c1-15(2)22(27-23(29)19-7-5-13-31-19)24(30)32-14-21(28)26-18-6-3-4-8-20(18)33-17-11-9-16(25)10-12-17/h3-13,15,22H,14H2,1-2H3,(H,26,28)(H,27,29). The first kappa shape index (κ1) is 24.4. The lowest BCUT2D eigenvalue weighted by molar-refractivity contribution is -0.150. The van der Waals surface area contributed by atoms with E-state index in [-0.39, 0.29) is 11.7 Å². The van der Waals surface area contributed by atoms with Gasteiger partial charge in [0.15, 0.2) is 12.4 Å². The topological polar surface area (TPSA) is 97.6 Å². The van der Waals surface area contributed by atoms with Crippen molar-refractivity contribution in [3.05, 3.63) is 77.7 Å². The van der Waals surface area contributed by atoms with Gasteiger partial charge >= 0.3 is 5.97 Å². The number of carbonyl (C=O) groups is 3. The quantitative estimate of drug-likeness (QED) is 0.412. The molecule has 0 saturated carbocycles. The lowest BCUT2D eigenvalue weighted by Gasteiger charge is -2.20. The van der Waals surface area contributed by atoms with Gasteiger partial charge in [-0.05, 0) is 54.4 Å². The molecule has 1 aromatic heterocycles. The van der Waals surface area contributed by atoms with Crippen LogP contribution in [0, 0.1) is 5.92 Å². The Kier molecular flexibility index (Phi) is 8.57. The molecule has 0 bridgehead atoms. The molecule has 7 nitrogen and oxygen atoms in total. The minimum atomic E-state index is -0.928. The number of rotatable bonds is 9. The van der Waals surface area contributed by atoms with Crippen LogP contribution in [0.2, 0.25) is 5.02 Å². The zero-order valence-corrected chi connectivity index (χ0v) is 19.6. The van der Waals surface area contributed by atoms with E-state index in [4.69, 9.17) is 20.8 Å². The maximum absolute atomic E-state index is 12.5. The fraction of sp³-hybridized carbons (Fsp3) is 0.208. The van der Waals surface area contributed by atoms with E-state index in [1.165, 1.54) is 24.1 Å². The van der Waals surface area contributed by atoms with Crippen molar-refractivity contribution in [2.75, 3.05) is 11.9 Å². The van der Waals surface area contributed by atoms with Gasteiger partial charge in [0.25, 0.3) is 11.8 Å². The number of ether oxygens (including phenoxy) is 1. The number of para-hydroxylation sites is 1. The molecular weight excluding hydrogens is 464 g/mol. The summed E-state index contributed by atoms with van der Waals surface area (Å²) in [5.74, 6) is -1.90. The highest BCUT2D eigenvalue weighted by Gasteiger charge is 2.27. The number of nitrogens with one attached hydrogen (secondary N) is 2. The number of halogens is 1. The molecule has 2 N–H and O–H groups in total. The average molecular weight is 487 g/mol. The van der Waals surface area contributed by atoms with Crippen molar-refractivity contribution in [2.45, 2.75) is 29.7 Å². The Bertz CT molecular complexity index is 1100. The van der Waals surface area contributed by atoms with Crippen LogP contribution >= 0.6 is 23.4 Å².